The fourth-order valence-corrected chi connectivity index (χ4v) is 4.08. The molecule has 1 saturated heterocycles. The first-order valence-electron chi connectivity index (χ1n) is 6.99. The van der Waals surface area contributed by atoms with Gasteiger partial charge in [-0.05, 0) is 26.0 Å². The summed E-state index contributed by atoms with van der Waals surface area (Å²) >= 11 is 18.5. The molecule has 1 aliphatic heterocycles. The van der Waals surface area contributed by atoms with Crippen LogP contribution in [-0.2, 0) is 9.47 Å². The van der Waals surface area contributed by atoms with E-state index < -0.39 is 17.6 Å². The van der Waals surface area contributed by atoms with Gasteiger partial charge in [0.1, 0.15) is 5.37 Å². The van der Waals surface area contributed by atoms with Crippen LogP contribution in [0.15, 0.2) is 18.2 Å². The molecule has 1 fully saturated rings. The van der Waals surface area contributed by atoms with Crippen LogP contribution in [0.1, 0.15) is 24.8 Å². The Kier molecular flexibility index (Phi) is 6.56. The van der Waals surface area contributed by atoms with E-state index in [1.165, 1.54) is 0 Å². The standard InChI is InChI=1S/C14H14Cl2N2O4S2/c1-3-21-12(19)17-11(9-6-5-8(15)7-10(9)16)24-14(23)18(17)13(20)22-4-2/h5-7,11H,3-4H2,1-2H3. The number of carbonyl (C=O) groups is 2. The smallest absolute Gasteiger partial charge is 0.435 e. The number of hydrogen-bond donors (Lipinski definition) is 0. The van der Waals surface area contributed by atoms with E-state index in [4.69, 9.17) is 44.9 Å². The average Bonchev–Trinajstić information content (AvgIpc) is 2.85. The number of hydrazine groups is 1. The molecule has 1 heterocycles. The van der Waals surface area contributed by atoms with E-state index in [9.17, 15) is 9.59 Å². The zero-order chi connectivity index (χ0) is 17.9. The summed E-state index contributed by atoms with van der Waals surface area (Å²) in [5.41, 5.74) is 0.577. The van der Waals surface area contributed by atoms with Gasteiger partial charge in [0.05, 0.1) is 13.2 Å². The molecular formula is C14H14Cl2N2O4S2. The second-order valence-corrected chi connectivity index (χ2v) is 7.01. The van der Waals surface area contributed by atoms with Gasteiger partial charge in [-0.15, -0.1) is 0 Å². The van der Waals surface area contributed by atoms with E-state index in [0.29, 0.717) is 15.6 Å². The number of thioether (sulfide) groups is 1. The van der Waals surface area contributed by atoms with Crippen LogP contribution in [0.25, 0.3) is 0 Å². The molecule has 1 aromatic carbocycles. The number of halogens is 2. The monoisotopic (exact) mass is 408 g/mol. The lowest BCUT2D eigenvalue weighted by Crippen LogP contribution is -2.47. The minimum atomic E-state index is -0.754. The number of nitrogens with zero attached hydrogens (tertiary/aromatic N) is 2. The lowest BCUT2D eigenvalue weighted by atomic mass is 10.2. The van der Waals surface area contributed by atoms with E-state index >= 15 is 0 Å². The Morgan fingerprint density at radius 1 is 1.21 bits per heavy atom. The molecular weight excluding hydrogens is 395 g/mol. The third-order valence-corrected chi connectivity index (χ3v) is 5.02. The number of rotatable bonds is 3. The molecule has 0 bridgehead atoms. The average molecular weight is 409 g/mol. The molecule has 1 atom stereocenters. The fraction of sp³-hybridized carbons (Fsp3) is 0.357. The molecule has 130 valence electrons. The van der Waals surface area contributed by atoms with Crippen molar-refractivity contribution >= 4 is 63.7 Å². The lowest BCUT2D eigenvalue weighted by molar-refractivity contribution is 0.0189. The zero-order valence-electron chi connectivity index (χ0n) is 12.8. The van der Waals surface area contributed by atoms with Gasteiger partial charge in [-0.3, -0.25) is 0 Å². The van der Waals surface area contributed by atoms with Gasteiger partial charge in [-0.2, -0.15) is 10.0 Å². The van der Waals surface area contributed by atoms with Crippen LogP contribution in [0.3, 0.4) is 0 Å². The number of amides is 2. The molecule has 24 heavy (non-hydrogen) atoms. The van der Waals surface area contributed by atoms with Gasteiger partial charge in [-0.1, -0.05) is 53.2 Å². The van der Waals surface area contributed by atoms with Crippen molar-refractivity contribution in [1.82, 2.24) is 10.0 Å². The summed E-state index contributed by atoms with van der Waals surface area (Å²) in [7, 11) is 0. The number of benzene rings is 1. The predicted octanol–water partition coefficient (Wildman–Crippen LogP) is 4.86. The highest BCUT2D eigenvalue weighted by molar-refractivity contribution is 8.23. The third kappa shape index (κ3) is 3.88. The van der Waals surface area contributed by atoms with Crippen LogP contribution in [-0.4, -0.2) is 39.7 Å². The normalized spacial score (nSPS) is 17.2. The van der Waals surface area contributed by atoms with Crippen molar-refractivity contribution in [2.45, 2.75) is 19.2 Å². The number of ether oxygens (including phenoxy) is 2. The molecule has 0 spiro atoms. The highest BCUT2D eigenvalue weighted by Crippen LogP contribution is 2.45. The van der Waals surface area contributed by atoms with Gasteiger partial charge in [-0.25, -0.2) is 9.59 Å². The Hall–Kier alpha value is -1.22. The Bertz CT molecular complexity index is 674. The summed E-state index contributed by atoms with van der Waals surface area (Å²) in [5.74, 6) is 0. The van der Waals surface area contributed by atoms with Crippen molar-refractivity contribution in [3.8, 4) is 0 Å². The van der Waals surface area contributed by atoms with Gasteiger partial charge in [0.15, 0.2) is 4.32 Å². The van der Waals surface area contributed by atoms with Crippen LogP contribution in [0.4, 0.5) is 9.59 Å². The zero-order valence-corrected chi connectivity index (χ0v) is 16.0. The minimum absolute atomic E-state index is 0.143. The van der Waals surface area contributed by atoms with Gasteiger partial charge >= 0.3 is 12.2 Å². The molecule has 1 unspecified atom stereocenters. The molecule has 1 aliphatic rings. The van der Waals surface area contributed by atoms with Crippen LogP contribution in [0, 0.1) is 0 Å². The number of thiocarbonyl (C=S) groups is 1. The van der Waals surface area contributed by atoms with Crippen molar-refractivity contribution in [3.05, 3.63) is 33.8 Å². The fourth-order valence-electron chi connectivity index (χ4n) is 2.00. The van der Waals surface area contributed by atoms with Crippen molar-refractivity contribution in [2.75, 3.05) is 13.2 Å². The predicted molar refractivity (Wildman–Crippen MR) is 97.1 cm³/mol. The first kappa shape index (κ1) is 19.1. The van der Waals surface area contributed by atoms with Gasteiger partial charge in [0.25, 0.3) is 0 Å². The Morgan fingerprint density at radius 3 is 2.42 bits per heavy atom. The summed E-state index contributed by atoms with van der Waals surface area (Å²) in [4.78, 5) is 24.6. The maximum absolute atomic E-state index is 12.4. The van der Waals surface area contributed by atoms with Gasteiger partial charge < -0.3 is 9.47 Å². The van der Waals surface area contributed by atoms with E-state index in [1.807, 2.05) is 0 Å². The highest BCUT2D eigenvalue weighted by atomic mass is 35.5. The lowest BCUT2D eigenvalue weighted by Gasteiger charge is -2.28. The summed E-state index contributed by atoms with van der Waals surface area (Å²) < 4.78 is 10.2. The highest BCUT2D eigenvalue weighted by Gasteiger charge is 2.46. The van der Waals surface area contributed by atoms with Crippen molar-refractivity contribution in [3.63, 3.8) is 0 Å². The van der Waals surface area contributed by atoms with Gasteiger partial charge in [0, 0.05) is 15.6 Å². The van der Waals surface area contributed by atoms with E-state index in [2.05, 4.69) is 0 Å². The Morgan fingerprint density at radius 2 is 1.83 bits per heavy atom. The maximum atomic E-state index is 12.4. The molecule has 0 radical (unpaired) electrons. The van der Waals surface area contributed by atoms with Crippen LogP contribution >= 0.6 is 47.2 Å². The molecule has 0 aromatic heterocycles. The molecule has 2 rings (SSSR count). The third-order valence-electron chi connectivity index (χ3n) is 2.95. The molecule has 0 N–H and O–H groups in total. The topological polar surface area (TPSA) is 59.1 Å². The van der Waals surface area contributed by atoms with Crippen LogP contribution in [0.2, 0.25) is 10.0 Å². The Balaban J connectivity index is 2.44. The summed E-state index contributed by atoms with van der Waals surface area (Å²) in [5, 5.41) is 2.23. The second-order valence-electron chi connectivity index (χ2n) is 4.46. The molecule has 1 aromatic rings. The summed E-state index contributed by atoms with van der Waals surface area (Å²) in [6.07, 6.45) is -1.48. The SMILES string of the molecule is CCOC(=O)N1C(=S)SC(c2ccc(Cl)cc2Cl)N1C(=O)OCC. The molecule has 6 nitrogen and oxygen atoms in total. The molecule has 2 amide bonds. The summed E-state index contributed by atoms with van der Waals surface area (Å²) in [6.45, 7) is 3.61. The largest absolute Gasteiger partial charge is 0.448 e. The quantitative estimate of drug-likeness (QED) is 0.665. The maximum Gasteiger partial charge on any atom is 0.435 e. The van der Waals surface area contributed by atoms with E-state index in [-0.39, 0.29) is 17.5 Å². The Labute approximate surface area is 158 Å². The van der Waals surface area contributed by atoms with Gasteiger partial charge in [0.2, 0.25) is 0 Å². The molecule has 0 aliphatic carbocycles. The second kappa shape index (κ2) is 8.24. The molecule has 10 heteroatoms. The van der Waals surface area contributed by atoms with Crippen molar-refractivity contribution in [1.29, 1.82) is 0 Å². The van der Waals surface area contributed by atoms with E-state index in [1.54, 1.807) is 32.0 Å². The van der Waals surface area contributed by atoms with Crippen molar-refractivity contribution in [2.24, 2.45) is 0 Å². The number of hydrogen-bond acceptors (Lipinski definition) is 6. The summed E-state index contributed by atoms with van der Waals surface area (Å²) in [6, 6.07) is 4.87. The van der Waals surface area contributed by atoms with Crippen LogP contribution < -0.4 is 0 Å². The minimum Gasteiger partial charge on any atom is -0.448 e. The first-order valence-corrected chi connectivity index (χ1v) is 9.03. The van der Waals surface area contributed by atoms with Crippen molar-refractivity contribution < 1.29 is 19.1 Å². The van der Waals surface area contributed by atoms with E-state index in [0.717, 1.165) is 21.8 Å². The van der Waals surface area contributed by atoms with Crippen LogP contribution in [0.5, 0.6) is 0 Å². The molecule has 0 saturated carbocycles. The first-order chi connectivity index (χ1) is 11.4. The number of carbonyl (C=O) groups excluding carboxylic acids is 2.